The van der Waals surface area contributed by atoms with Crippen LogP contribution in [-0.4, -0.2) is 57.9 Å². The van der Waals surface area contributed by atoms with Gasteiger partial charge >= 0.3 is 0 Å². The highest BCUT2D eigenvalue weighted by atomic mass is 19.1. The van der Waals surface area contributed by atoms with Gasteiger partial charge in [-0.15, -0.1) is 0 Å². The molecule has 0 aliphatic heterocycles. The number of hydrogen-bond acceptors (Lipinski definition) is 5. The van der Waals surface area contributed by atoms with E-state index in [0.717, 1.165) is 0 Å². The number of nitrogens with two attached hydrogens (primary N) is 3. The summed E-state index contributed by atoms with van der Waals surface area (Å²) in [5.74, 6) is -2.45. The number of hydrogen-bond donors (Lipinski definition) is 7. The highest BCUT2D eigenvalue weighted by molar-refractivity contribution is 6.05. The number of carbonyl (C=O) groups excluding carboxylic acids is 3. The van der Waals surface area contributed by atoms with Gasteiger partial charge in [-0.3, -0.25) is 19.8 Å². The molecule has 32 heavy (non-hydrogen) atoms. The molecule has 2 aromatic rings. The van der Waals surface area contributed by atoms with Crippen molar-refractivity contribution in [1.29, 1.82) is 5.41 Å². The summed E-state index contributed by atoms with van der Waals surface area (Å²) in [5.41, 5.74) is 16.5. The van der Waals surface area contributed by atoms with E-state index in [9.17, 15) is 18.8 Å². The summed E-state index contributed by atoms with van der Waals surface area (Å²) in [4.78, 5) is 40.3. The highest BCUT2D eigenvalue weighted by Crippen LogP contribution is 2.17. The first-order valence-corrected chi connectivity index (χ1v) is 9.23. The lowest BCUT2D eigenvalue weighted by Gasteiger charge is -2.08. The molecule has 0 spiro atoms. The van der Waals surface area contributed by atoms with Gasteiger partial charge in [-0.25, -0.2) is 9.38 Å². The molecule has 2 aromatic heterocycles. The van der Waals surface area contributed by atoms with E-state index in [0.29, 0.717) is 11.4 Å². The van der Waals surface area contributed by atoms with Crippen LogP contribution in [0, 0.1) is 5.41 Å². The van der Waals surface area contributed by atoms with Gasteiger partial charge in [0, 0.05) is 26.5 Å². The van der Waals surface area contributed by atoms with Gasteiger partial charge in [-0.1, -0.05) is 0 Å². The summed E-state index contributed by atoms with van der Waals surface area (Å²) in [7, 11) is 3.20. The minimum absolute atomic E-state index is 0.163. The number of guanidine groups is 1. The Kier molecular flexibility index (Phi) is 7.55. The lowest BCUT2D eigenvalue weighted by atomic mass is 10.3. The molecule has 0 aromatic carbocycles. The summed E-state index contributed by atoms with van der Waals surface area (Å²) < 4.78 is 16.3. The molecule has 0 bridgehead atoms. The number of aromatic nitrogens is 2. The van der Waals surface area contributed by atoms with Crippen LogP contribution in [-0.2, 0) is 18.9 Å². The standard InChI is InChI=1S/C18H25FN10O3/c1-28-8-10(4-12(28)16(31)24-5-11(19)15(20)21)27-17(32)13-3-9(7-29(13)2)26-14(30)6-25-18(22)23/h3-4,7-8,11H,5-6H2,1-2H3,(H3,20,21)(H,24,31)(H,26,30)(H,27,32)(H4,22,23,25). The fraction of sp³-hybridized carbons (Fsp3) is 0.278. The number of nitrogens with zero attached hydrogens (tertiary/aromatic N) is 3. The topological polar surface area (TPSA) is 211 Å². The predicted molar refractivity (Wildman–Crippen MR) is 117 cm³/mol. The van der Waals surface area contributed by atoms with E-state index in [1.807, 2.05) is 0 Å². The number of rotatable bonds is 9. The lowest BCUT2D eigenvalue weighted by Crippen LogP contribution is -2.37. The van der Waals surface area contributed by atoms with E-state index in [1.54, 1.807) is 14.1 Å². The van der Waals surface area contributed by atoms with Gasteiger partial charge in [-0.2, -0.15) is 0 Å². The molecule has 0 radical (unpaired) electrons. The smallest absolute Gasteiger partial charge is 0.272 e. The van der Waals surface area contributed by atoms with E-state index >= 15 is 0 Å². The molecule has 0 saturated carbocycles. The average molecular weight is 448 g/mol. The first kappa shape index (κ1) is 23.9. The maximum atomic E-state index is 13.4. The van der Waals surface area contributed by atoms with Gasteiger partial charge in [0.05, 0.1) is 17.9 Å². The highest BCUT2D eigenvalue weighted by Gasteiger charge is 2.18. The zero-order valence-electron chi connectivity index (χ0n) is 17.5. The van der Waals surface area contributed by atoms with Crippen LogP contribution in [0.3, 0.4) is 0 Å². The number of halogens is 1. The van der Waals surface area contributed by atoms with Gasteiger partial charge in [0.15, 0.2) is 12.1 Å². The number of alkyl halides is 1. The minimum Gasteiger partial charge on any atom is -0.385 e. The van der Waals surface area contributed by atoms with Crippen LogP contribution in [0.15, 0.2) is 29.5 Å². The molecule has 14 heteroatoms. The van der Waals surface area contributed by atoms with Crippen LogP contribution in [0.4, 0.5) is 15.8 Å². The van der Waals surface area contributed by atoms with Crippen LogP contribution < -0.4 is 33.2 Å². The number of carbonyl (C=O) groups is 3. The molecule has 13 nitrogen and oxygen atoms in total. The number of amides is 3. The Labute approximate surface area is 182 Å². The van der Waals surface area contributed by atoms with Crippen molar-refractivity contribution in [2.75, 3.05) is 23.7 Å². The van der Waals surface area contributed by atoms with Crippen LogP contribution in [0.5, 0.6) is 0 Å². The van der Waals surface area contributed by atoms with Crippen LogP contribution >= 0.6 is 0 Å². The van der Waals surface area contributed by atoms with Gasteiger partial charge in [0.25, 0.3) is 11.8 Å². The fourth-order valence-corrected chi connectivity index (χ4v) is 2.66. The largest absolute Gasteiger partial charge is 0.385 e. The predicted octanol–water partition coefficient (Wildman–Crippen LogP) is -1.17. The van der Waals surface area contributed by atoms with Gasteiger partial charge in [-0.05, 0) is 12.1 Å². The summed E-state index contributed by atoms with van der Waals surface area (Å²) in [6.45, 7) is -0.703. The fourth-order valence-electron chi connectivity index (χ4n) is 2.66. The summed E-state index contributed by atoms with van der Waals surface area (Å²) in [5, 5.41) is 14.6. The number of amidine groups is 1. The SMILES string of the molecule is Cn1cc(NC(=O)c2cc(NC(=O)CN=C(N)N)cn2C)cc1C(=O)NCC(F)C(=N)N. The third-order valence-electron chi connectivity index (χ3n) is 4.20. The Morgan fingerprint density at radius 2 is 1.56 bits per heavy atom. The van der Waals surface area contributed by atoms with Crippen molar-refractivity contribution in [3.05, 3.63) is 35.9 Å². The molecule has 0 aliphatic rings. The molecule has 172 valence electrons. The second-order valence-corrected chi connectivity index (χ2v) is 6.83. The normalized spacial score (nSPS) is 11.3. The zero-order valence-corrected chi connectivity index (χ0v) is 17.5. The number of aliphatic imine (C=N–C) groups is 1. The molecule has 10 N–H and O–H groups in total. The first-order valence-electron chi connectivity index (χ1n) is 9.23. The Morgan fingerprint density at radius 3 is 2.09 bits per heavy atom. The van der Waals surface area contributed by atoms with Gasteiger partial charge < -0.3 is 42.3 Å². The molecule has 0 aliphatic carbocycles. The van der Waals surface area contributed by atoms with Crippen LogP contribution in [0.25, 0.3) is 0 Å². The van der Waals surface area contributed by atoms with E-state index in [-0.39, 0.29) is 23.9 Å². The monoisotopic (exact) mass is 448 g/mol. The van der Waals surface area contributed by atoms with Crippen molar-refractivity contribution in [3.8, 4) is 0 Å². The molecule has 1 unspecified atom stereocenters. The molecule has 2 heterocycles. The lowest BCUT2D eigenvalue weighted by molar-refractivity contribution is -0.114. The van der Waals surface area contributed by atoms with Crippen molar-refractivity contribution < 1.29 is 18.8 Å². The van der Waals surface area contributed by atoms with Crippen molar-refractivity contribution in [2.45, 2.75) is 6.17 Å². The van der Waals surface area contributed by atoms with Crippen molar-refractivity contribution >= 4 is 40.9 Å². The van der Waals surface area contributed by atoms with Gasteiger partial charge in [0.1, 0.15) is 23.8 Å². The molecule has 2 rings (SSSR count). The third kappa shape index (κ3) is 6.32. The van der Waals surface area contributed by atoms with E-state index in [4.69, 9.17) is 22.6 Å². The molecular formula is C18H25FN10O3. The van der Waals surface area contributed by atoms with E-state index in [2.05, 4.69) is 20.9 Å². The van der Waals surface area contributed by atoms with Crippen molar-refractivity contribution in [3.63, 3.8) is 0 Å². The Balaban J connectivity index is 2.04. The maximum absolute atomic E-state index is 13.4. The molecule has 0 fully saturated rings. The number of aryl methyl sites for hydroxylation is 2. The Bertz CT molecular complexity index is 1070. The second kappa shape index (κ2) is 10.1. The maximum Gasteiger partial charge on any atom is 0.272 e. The quantitative estimate of drug-likeness (QED) is 0.185. The minimum atomic E-state index is -1.79. The average Bonchev–Trinajstić information content (AvgIpc) is 3.25. The zero-order chi connectivity index (χ0) is 24.0. The van der Waals surface area contributed by atoms with Gasteiger partial charge in [0.2, 0.25) is 5.91 Å². The summed E-state index contributed by atoms with van der Waals surface area (Å²) in [6.07, 6.45) is 1.25. The molecular weight excluding hydrogens is 423 g/mol. The van der Waals surface area contributed by atoms with Crippen molar-refractivity contribution in [2.24, 2.45) is 36.3 Å². The molecule has 1 atom stereocenters. The second-order valence-electron chi connectivity index (χ2n) is 6.83. The third-order valence-corrected chi connectivity index (χ3v) is 4.20. The molecule has 0 saturated heterocycles. The van der Waals surface area contributed by atoms with Crippen LogP contribution in [0.1, 0.15) is 21.0 Å². The summed E-state index contributed by atoms with van der Waals surface area (Å²) in [6, 6.07) is 2.87. The van der Waals surface area contributed by atoms with Crippen molar-refractivity contribution in [1.82, 2.24) is 14.5 Å². The Hall–Kier alpha value is -4.36. The summed E-state index contributed by atoms with van der Waals surface area (Å²) >= 11 is 0. The molecule has 3 amide bonds. The van der Waals surface area contributed by atoms with E-state index in [1.165, 1.54) is 33.7 Å². The van der Waals surface area contributed by atoms with Crippen LogP contribution in [0.2, 0.25) is 0 Å². The van der Waals surface area contributed by atoms with E-state index < -0.39 is 36.3 Å². The number of nitrogens with one attached hydrogen (secondary N) is 4. The first-order chi connectivity index (χ1) is 15.0. The number of anilines is 2. The Morgan fingerprint density at radius 1 is 1.03 bits per heavy atom.